The average molecular weight is 310 g/mol. The molecule has 1 N–H and O–H groups in total. The first-order valence-electron chi connectivity index (χ1n) is 6.15. The Labute approximate surface area is 123 Å². The summed E-state index contributed by atoms with van der Waals surface area (Å²) in [6, 6.07) is 8.61. The summed E-state index contributed by atoms with van der Waals surface area (Å²) in [5.74, 6) is -1.80. The number of aliphatic carboxylic acids is 1. The maximum Gasteiger partial charge on any atom is 0.416 e. The van der Waals surface area contributed by atoms with Crippen molar-refractivity contribution in [3.05, 3.63) is 65.5 Å². The van der Waals surface area contributed by atoms with E-state index in [0.29, 0.717) is 17.2 Å². The highest BCUT2D eigenvalue weighted by Crippen LogP contribution is 2.35. The zero-order valence-corrected chi connectivity index (χ0v) is 11.1. The van der Waals surface area contributed by atoms with Crippen molar-refractivity contribution in [1.82, 2.24) is 0 Å². The molecule has 0 fully saturated rings. The smallest absolute Gasteiger partial charge is 0.416 e. The summed E-state index contributed by atoms with van der Waals surface area (Å²) >= 11 is 0. The number of rotatable bonds is 3. The Morgan fingerprint density at radius 2 is 1.59 bits per heavy atom. The number of alkyl halides is 3. The largest absolute Gasteiger partial charge is 0.478 e. The van der Waals surface area contributed by atoms with E-state index >= 15 is 0 Å². The Hall–Kier alpha value is -2.63. The van der Waals surface area contributed by atoms with Crippen molar-refractivity contribution in [2.75, 3.05) is 0 Å². The second-order valence-corrected chi connectivity index (χ2v) is 4.48. The minimum atomic E-state index is -4.60. The molecule has 0 aromatic heterocycles. The second-order valence-electron chi connectivity index (χ2n) is 4.48. The van der Waals surface area contributed by atoms with Crippen LogP contribution >= 0.6 is 0 Å². The van der Waals surface area contributed by atoms with Crippen molar-refractivity contribution in [3.8, 4) is 11.1 Å². The molecule has 0 heterocycles. The summed E-state index contributed by atoms with van der Waals surface area (Å²) in [7, 11) is 0. The van der Waals surface area contributed by atoms with Crippen molar-refractivity contribution in [2.45, 2.75) is 6.18 Å². The Kier molecular flexibility index (Phi) is 4.30. The number of carbonyl (C=O) groups is 1. The fourth-order valence-electron chi connectivity index (χ4n) is 1.94. The molecule has 0 saturated carbocycles. The number of halogens is 4. The van der Waals surface area contributed by atoms with Crippen LogP contribution in [0.3, 0.4) is 0 Å². The highest BCUT2D eigenvalue weighted by Gasteiger charge is 2.32. The number of benzene rings is 2. The van der Waals surface area contributed by atoms with Crippen molar-refractivity contribution >= 4 is 12.0 Å². The summed E-state index contributed by atoms with van der Waals surface area (Å²) in [4.78, 5) is 10.5. The Morgan fingerprint density at radius 1 is 1.00 bits per heavy atom. The molecular formula is C16H10F4O2. The van der Waals surface area contributed by atoms with Gasteiger partial charge in [-0.3, -0.25) is 0 Å². The van der Waals surface area contributed by atoms with Crippen LogP contribution in [0.5, 0.6) is 0 Å². The van der Waals surface area contributed by atoms with Gasteiger partial charge in [0, 0.05) is 6.08 Å². The monoisotopic (exact) mass is 310 g/mol. The first-order chi connectivity index (χ1) is 10.3. The minimum Gasteiger partial charge on any atom is -0.478 e. The fourth-order valence-corrected chi connectivity index (χ4v) is 1.94. The van der Waals surface area contributed by atoms with Crippen molar-refractivity contribution in [1.29, 1.82) is 0 Å². The predicted molar refractivity (Wildman–Crippen MR) is 73.5 cm³/mol. The summed E-state index contributed by atoms with van der Waals surface area (Å²) in [5, 5.41) is 8.58. The molecule has 0 aliphatic rings. The highest BCUT2D eigenvalue weighted by molar-refractivity contribution is 5.86. The SMILES string of the molecule is O=C(O)/C=C/c1cc(-c2ccc(F)cc2)ccc1C(F)(F)F. The van der Waals surface area contributed by atoms with Crippen LogP contribution in [0.4, 0.5) is 17.6 Å². The molecule has 0 amide bonds. The van der Waals surface area contributed by atoms with E-state index in [9.17, 15) is 22.4 Å². The molecule has 0 radical (unpaired) electrons. The van der Waals surface area contributed by atoms with Crippen LogP contribution in [0.1, 0.15) is 11.1 Å². The van der Waals surface area contributed by atoms with E-state index in [2.05, 4.69) is 0 Å². The van der Waals surface area contributed by atoms with Crippen LogP contribution in [-0.4, -0.2) is 11.1 Å². The third-order valence-corrected chi connectivity index (χ3v) is 2.94. The van der Waals surface area contributed by atoms with Gasteiger partial charge in [0.15, 0.2) is 0 Å². The molecule has 0 aliphatic carbocycles. The molecular weight excluding hydrogens is 300 g/mol. The molecule has 114 valence electrons. The quantitative estimate of drug-likeness (QED) is 0.664. The Bertz CT molecular complexity index is 716. The number of hydrogen-bond donors (Lipinski definition) is 1. The van der Waals surface area contributed by atoms with Crippen LogP contribution in [0.25, 0.3) is 17.2 Å². The van der Waals surface area contributed by atoms with E-state index in [1.165, 1.54) is 36.4 Å². The Morgan fingerprint density at radius 3 is 2.14 bits per heavy atom. The van der Waals surface area contributed by atoms with Crippen LogP contribution in [0.2, 0.25) is 0 Å². The third kappa shape index (κ3) is 3.72. The number of hydrogen-bond acceptors (Lipinski definition) is 1. The highest BCUT2D eigenvalue weighted by atomic mass is 19.4. The zero-order chi connectivity index (χ0) is 16.3. The van der Waals surface area contributed by atoms with Gasteiger partial charge in [0.1, 0.15) is 5.82 Å². The van der Waals surface area contributed by atoms with E-state index in [0.717, 1.165) is 12.1 Å². The van der Waals surface area contributed by atoms with Crippen LogP contribution in [0.15, 0.2) is 48.5 Å². The lowest BCUT2D eigenvalue weighted by Gasteiger charge is -2.12. The minimum absolute atomic E-state index is 0.267. The number of carboxylic acids is 1. The van der Waals surface area contributed by atoms with Gasteiger partial charge in [-0.2, -0.15) is 13.2 Å². The van der Waals surface area contributed by atoms with Crippen molar-refractivity contribution in [2.24, 2.45) is 0 Å². The van der Waals surface area contributed by atoms with Gasteiger partial charge >= 0.3 is 12.1 Å². The fraction of sp³-hybridized carbons (Fsp3) is 0.0625. The van der Waals surface area contributed by atoms with Crippen LogP contribution in [-0.2, 0) is 11.0 Å². The van der Waals surface area contributed by atoms with Crippen LogP contribution in [0, 0.1) is 5.82 Å². The van der Waals surface area contributed by atoms with Crippen LogP contribution < -0.4 is 0 Å². The van der Waals surface area contributed by atoms with E-state index in [1.54, 1.807) is 0 Å². The molecule has 0 saturated heterocycles. The van der Waals surface area contributed by atoms with E-state index in [1.807, 2.05) is 0 Å². The zero-order valence-electron chi connectivity index (χ0n) is 11.1. The molecule has 0 aliphatic heterocycles. The average Bonchev–Trinajstić information content (AvgIpc) is 2.44. The predicted octanol–water partition coefficient (Wildman–Crippen LogP) is 4.61. The second kappa shape index (κ2) is 6.01. The Balaban J connectivity index is 2.53. The van der Waals surface area contributed by atoms with Gasteiger partial charge in [0.25, 0.3) is 0 Å². The van der Waals surface area contributed by atoms with Crippen molar-refractivity contribution < 1.29 is 27.5 Å². The molecule has 6 heteroatoms. The lowest BCUT2D eigenvalue weighted by atomic mass is 9.98. The molecule has 0 bridgehead atoms. The normalized spacial score (nSPS) is 11.8. The summed E-state index contributed by atoms with van der Waals surface area (Å²) < 4.78 is 51.7. The van der Waals surface area contributed by atoms with Gasteiger partial charge in [-0.25, -0.2) is 9.18 Å². The number of carboxylic acid groups (broad SMARTS) is 1. The lowest BCUT2D eigenvalue weighted by molar-refractivity contribution is -0.138. The van der Waals surface area contributed by atoms with Gasteiger partial charge in [-0.15, -0.1) is 0 Å². The van der Waals surface area contributed by atoms with Gasteiger partial charge in [-0.1, -0.05) is 18.2 Å². The first-order valence-corrected chi connectivity index (χ1v) is 6.15. The van der Waals surface area contributed by atoms with E-state index < -0.39 is 23.5 Å². The molecule has 0 unspecified atom stereocenters. The molecule has 0 atom stereocenters. The summed E-state index contributed by atoms with van der Waals surface area (Å²) in [6.45, 7) is 0. The molecule has 22 heavy (non-hydrogen) atoms. The van der Waals surface area contributed by atoms with Gasteiger partial charge < -0.3 is 5.11 Å². The van der Waals surface area contributed by atoms with Crippen molar-refractivity contribution in [3.63, 3.8) is 0 Å². The molecule has 0 spiro atoms. The molecule has 2 rings (SSSR count). The maximum atomic E-state index is 12.9. The van der Waals surface area contributed by atoms with E-state index in [-0.39, 0.29) is 5.56 Å². The van der Waals surface area contributed by atoms with Gasteiger partial charge in [0.05, 0.1) is 5.56 Å². The standard InChI is InChI=1S/C16H10F4O2/c17-13-5-1-10(2-6-13)11-3-7-14(16(18,19)20)12(9-11)4-8-15(21)22/h1-9H,(H,21,22)/b8-4+. The third-order valence-electron chi connectivity index (χ3n) is 2.94. The van der Waals surface area contributed by atoms with Gasteiger partial charge in [0.2, 0.25) is 0 Å². The lowest BCUT2D eigenvalue weighted by Crippen LogP contribution is -2.07. The molecule has 2 nitrogen and oxygen atoms in total. The summed E-state index contributed by atoms with van der Waals surface area (Å²) in [5.41, 5.74) is -0.245. The maximum absolute atomic E-state index is 12.9. The molecule has 2 aromatic rings. The molecule has 2 aromatic carbocycles. The summed E-state index contributed by atoms with van der Waals surface area (Å²) in [6.07, 6.45) is -3.07. The van der Waals surface area contributed by atoms with E-state index in [4.69, 9.17) is 5.11 Å². The topological polar surface area (TPSA) is 37.3 Å². The van der Waals surface area contributed by atoms with Gasteiger partial charge in [-0.05, 0) is 47.0 Å². The first kappa shape index (κ1) is 15.8.